The van der Waals surface area contributed by atoms with Gasteiger partial charge in [0.15, 0.2) is 0 Å². The van der Waals surface area contributed by atoms with Crippen LogP contribution in [0.25, 0.3) is 17.0 Å². The third-order valence-corrected chi connectivity index (χ3v) is 11.5. The molecule has 6 rings (SSSR count). The van der Waals surface area contributed by atoms with Crippen LogP contribution in [0.3, 0.4) is 0 Å². The third kappa shape index (κ3) is 13.8. The molecule has 0 spiro atoms. The quantitative estimate of drug-likeness (QED) is 0.112. The number of hydrogen-bond acceptors (Lipinski definition) is 5. The van der Waals surface area contributed by atoms with Gasteiger partial charge in [0.25, 0.3) is 0 Å². The highest BCUT2D eigenvalue weighted by molar-refractivity contribution is 7.99. The van der Waals surface area contributed by atoms with Crippen LogP contribution >= 0.6 is 35.0 Å². The van der Waals surface area contributed by atoms with Gasteiger partial charge in [0.1, 0.15) is 6.04 Å². The Morgan fingerprint density at radius 1 is 0.885 bits per heavy atom. The largest absolute Gasteiger partial charge is 0.405 e. The Labute approximate surface area is 379 Å². The normalized spacial score (nSPS) is 14.2. The molecule has 316 valence electrons. The number of aromatic nitrogens is 1. The molecule has 0 aliphatic carbocycles. The lowest BCUT2D eigenvalue weighted by atomic mass is 9.86. The van der Waals surface area contributed by atoms with Gasteiger partial charge in [0.05, 0.1) is 5.52 Å². The zero-order chi connectivity index (χ0) is 45.1. The highest BCUT2D eigenvalue weighted by Crippen LogP contribution is 2.49. The van der Waals surface area contributed by atoms with E-state index in [0.29, 0.717) is 11.0 Å². The van der Waals surface area contributed by atoms with Gasteiger partial charge in [-0.3, -0.25) is 15.0 Å². The van der Waals surface area contributed by atoms with Gasteiger partial charge in [0, 0.05) is 56.8 Å². The van der Waals surface area contributed by atoms with Crippen molar-refractivity contribution in [2.45, 2.75) is 77.1 Å². The first kappa shape index (κ1) is 49.9. The SMILES string of the molecule is C=C/C(Cl)=C(\C=C)C(=C)C.CC.CN=C/C(C)=C\c1cc(C)c2c(c1)Sc1ccc(Cl)cc1C2N=C/C=C\C=C\N.Cc1cc2cccnc2c(C)c1C(C)c1ccccc1. The molecule has 0 saturated carbocycles. The summed E-state index contributed by atoms with van der Waals surface area (Å²) in [6.07, 6.45) is 18.0. The maximum absolute atomic E-state index is 6.31. The topological polar surface area (TPSA) is 63.6 Å². The second kappa shape index (κ2) is 25.3. The van der Waals surface area contributed by atoms with Crippen molar-refractivity contribution in [1.82, 2.24) is 4.98 Å². The number of aryl methyl sites for hydroxylation is 3. The van der Waals surface area contributed by atoms with E-state index in [1.165, 1.54) is 60.3 Å². The van der Waals surface area contributed by atoms with E-state index in [1.54, 1.807) is 37.0 Å². The van der Waals surface area contributed by atoms with E-state index in [-0.39, 0.29) is 6.04 Å². The molecule has 1 aliphatic heterocycles. The van der Waals surface area contributed by atoms with Crippen molar-refractivity contribution >= 4 is 64.4 Å². The Bertz CT molecular complexity index is 2490. The summed E-state index contributed by atoms with van der Waals surface area (Å²) in [7, 11) is 1.79. The third-order valence-electron chi connectivity index (χ3n) is 9.74. The zero-order valence-electron chi connectivity index (χ0n) is 37.1. The Morgan fingerprint density at radius 3 is 2.23 bits per heavy atom. The highest BCUT2D eigenvalue weighted by atomic mass is 35.5. The monoisotopic (exact) mass is 866 g/mol. The number of allylic oxidation sites excluding steroid dienone is 9. The van der Waals surface area contributed by atoms with Crippen LogP contribution in [-0.2, 0) is 0 Å². The van der Waals surface area contributed by atoms with E-state index in [0.717, 1.165) is 32.8 Å². The molecule has 7 heteroatoms. The van der Waals surface area contributed by atoms with Crippen LogP contribution in [0.4, 0.5) is 0 Å². The smallest absolute Gasteiger partial charge is 0.102 e. The maximum atomic E-state index is 6.31. The number of halogens is 2. The summed E-state index contributed by atoms with van der Waals surface area (Å²) in [6, 6.07) is 27.4. The number of nitrogens with two attached hydrogens (primary N) is 1. The van der Waals surface area contributed by atoms with E-state index in [2.05, 4.69) is 131 Å². The number of aliphatic imine (C=N–C) groups is 2. The van der Waals surface area contributed by atoms with Gasteiger partial charge in [-0.1, -0.05) is 142 Å². The standard InChI is InChI=1S/C24H24ClN3S.C19H19N.C9H11Cl.C2H6/c1-16(15-27-3)11-18-12-17(2)23-22(13-18)29-21-8-7-19(25)14-20(21)24(23)28-10-6-4-5-9-26;1-13-12-17-10-7-11-20-19(17)15(3)18(13)14(2)16-8-5-4-6-9-16;1-5-8(7(3)4)9(10)6-2;1-2/h4-15,24H,26H2,1-3H3;4-12,14H,1-3H3;5-6H,1-3H2,4H3;1-2H3/b6-4-,9-5+,16-11-,27-15?,28-10?;;9-8-;. The Morgan fingerprint density at radius 2 is 1.61 bits per heavy atom. The summed E-state index contributed by atoms with van der Waals surface area (Å²) in [5, 5.41) is 2.55. The number of fused-ring (bicyclic) bond motifs is 3. The Balaban J connectivity index is 0.000000268. The average Bonchev–Trinajstić information content (AvgIpc) is 3.25. The molecule has 0 saturated heterocycles. The zero-order valence-corrected chi connectivity index (χ0v) is 39.5. The molecule has 61 heavy (non-hydrogen) atoms. The molecule has 0 fully saturated rings. The van der Waals surface area contributed by atoms with Crippen molar-refractivity contribution in [2.24, 2.45) is 15.7 Å². The molecule has 4 nitrogen and oxygen atoms in total. The summed E-state index contributed by atoms with van der Waals surface area (Å²) >= 11 is 13.8. The molecular formula is C54H60Cl2N4S. The molecule has 2 N–H and O–H groups in total. The van der Waals surface area contributed by atoms with Gasteiger partial charge in [0.2, 0.25) is 0 Å². The van der Waals surface area contributed by atoms with E-state index in [4.69, 9.17) is 33.9 Å². The summed E-state index contributed by atoms with van der Waals surface area (Å²) in [4.78, 5) is 15.9. The molecule has 1 aromatic heterocycles. The van der Waals surface area contributed by atoms with Crippen LogP contribution in [-0.4, -0.2) is 24.5 Å². The first-order chi connectivity index (χ1) is 29.3. The van der Waals surface area contributed by atoms with Crippen molar-refractivity contribution in [3.63, 3.8) is 0 Å². The molecule has 2 heterocycles. The molecule has 2 atom stereocenters. The highest BCUT2D eigenvalue weighted by Gasteiger charge is 2.28. The molecule has 2 unspecified atom stereocenters. The minimum atomic E-state index is -0.0946. The lowest BCUT2D eigenvalue weighted by Gasteiger charge is -2.27. The number of benzene rings is 4. The van der Waals surface area contributed by atoms with E-state index >= 15 is 0 Å². The number of pyridine rings is 1. The fraction of sp³-hybridized carbons (Fsp3) is 0.204. The summed E-state index contributed by atoms with van der Waals surface area (Å²) in [5.74, 6) is 0.391. The summed E-state index contributed by atoms with van der Waals surface area (Å²) < 4.78 is 0. The van der Waals surface area contributed by atoms with Crippen LogP contribution in [0.2, 0.25) is 5.02 Å². The van der Waals surface area contributed by atoms with E-state index in [1.807, 2.05) is 69.7 Å². The summed E-state index contributed by atoms with van der Waals surface area (Å²) in [5.41, 5.74) is 19.5. The minimum absolute atomic E-state index is 0.0946. The Hall–Kier alpha value is -5.46. The fourth-order valence-electron chi connectivity index (χ4n) is 7.13. The van der Waals surface area contributed by atoms with Gasteiger partial charge in [-0.05, 0) is 151 Å². The van der Waals surface area contributed by atoms with Gasteiger partial charge in [-0.2, -0.15) is 0 Å². The van der Waals surface area contributed by atoms with Crippen LogP contribution in [0.15, 0.2) is 183 Å². The van der Waals surface area contributed by atoms with Crippen molar-refractivity contribution in [3.05, 3.63) is 213 Å². The lowest BCUT2D eigenvalue weighted by molar-refractivity contribution is 0.811. The number of rotatable bonds is 10. The molecule has 5 aromatic rings. The predicted octanol–water partition coefficient (Wildman–Crippen LogP) is 15.9. The van der Waals surface area contributed by atoms with Crippen molar-refractivity contribution in [2.75, 3.05) is 7.05 Å². The number of nitrogens with zero attached hydrogens (tertiary/aromatic N) is 3. The van der Waals surface area contributed by atoms with Gasteiger partial charge < -0.3 is 5.73 Å². The molecule has 0 amide bonds. The second-order valence-electron chi connectivity index (χ2n) is 14.2. The van der Waals surface area contributed by atoms with Crippen molar-refractivity contribution in [1.29, 1.82) is 0 Å². The van der Waals surface area contributed by atoms with Crippen LogP contribution in [0, 0.1) is 20.8 Å². The fourth-order valence-corrected chi connectivity index (χ4v) is 8.78. The number of hydrogen-bond donors (Lipinski definition) is 1. The van der Waals surface area contributed by atoms with Crippen LogP contribution in [0.5, 0.6) is 0 Å². The van der Waals surface area contributed by atoms with E-state index in [9.17, 15) is 0 Å². The molecular weight excluding hydrogens is 808 g/mol. The average molecular weight is 868 g/mol. The lowest BCUT2D eigenvalue weighted by Crippen LogP contribution is -2.09. The van der Waals surface area contributed by atoms with Crippen LogP contribution < -0.4 is 5.73 Å². The predicted molar refractivity (Wildman–Crippen MR) is 272 cm³/mol. The van der Waals surface area contributed by atoms with Crippen molar-refractivity contribution in [3.8, 4) is 0 Å². The molecule has 1 aliphatic rings. The van der Waals surface area contributed by atoms with Gasteiger partial charge in [-0.15, -0.1) is 0 Å². The van der Waals surface area contributed by atoms with Crippen molar-refractivity contribution < 1.29 is 0 Å². The molecule has 0 radical (unpaired) electrons. The maximum Gasteiger partial charge on any atom is 0.102 e. The first-order valence-corrected chi connectivity index (χ1v) is 21.9. The van der Waals surface area contributed by atoms with Crippen LogP contribution in [0.1, 0.15) is 91.1 Å². The minimum Gasteiger partial charge on any atom is -0.405 e. The Kier molecular flexibility index (Phi) is 20.7. The van der Waals surface area contributed by atoms with Gasteiger partial charge in [-0.25, -0.2) is 0 Å². The molecule has 0 bridgehead atoms. The van der Waals surface area contributed by atoms with E-state index < -0.39 is 0 Å². The second-order valence-corrected chi connectivity index (χ2v) is 16.1. The first-order valence-electron chi connectivity index (χ1n) is 20.3. The van der Waals surface area contributed by atoms with Gasteiger partial charge >= 0.3 is 0 Å². The summed E-state index contributed by atoms with van der Waals surface area (Å²) in [6.45, 7) is 27.6. The molecule has 4 aromatic carbocycles.